The van der Waals surface area contributed by atoms with Crippen LogP contribution in [0.4, 0.5) is 0 Å². The fraction of sp³-hybridized carbons (Fsp3) is 0.846. The summed E-state index contributed by atoms with van der Waals surface area (Å²) in [5.74, 6) is -2.47. The lowest BCUT2D eigenvalue weighted by molar-refractivity contribution is -0.138. The van der Waals surface area contributed by atoms with E-state index >= 15 is 0 Å². The van der Waals surface area contributed by atoms with Gasteiger partial charge >= 0.3 is 11.9 Å². The highest BCUT2D eigenvalue weighted by Crippen LogP contribution is 2.22. The van der Waals surface area contributed by atoms with Gasteiger partial charge in [-0.05, 0) is 0 Å². The maximum atomic E-state index is 10.7. The highest BCUT2D eigenvalue weighted by atomic mass is 16.4. The Morgan fingerprint density at radius 1 is 0.800 bits per heavy atom. The van der Waals surface area contributed by atoms with Crippen LogP contribution in [0.3, 0.4) is 0 Å². The summed E-state index contributed by atoms with van der Waals surface area (Å²) in [7, 11) is 0. The molecule has 1 fully saturated rings. The fourth-order valence-electron chi connectivity index (χ4n) is 2.75. The zero-order valence-electron chi connectivity index (χ0n) is 13.3. The fourth-order valence-corrected chi connectivity index (χ4v) is 2.75. The number of carbonyl (C=O) groups is 2. The Balaban J connectivity index is 2.92. The van der Waals surface area contributed by atoms with Crippen molar-refractivity contribution in [3.63, 3.8) is 0 Å². The molecule has 0 aromatic rings. The smallest absolute Gasteiger partial charge is 0.317 e. The van der Waals surface area contributed by atoms with Crippen molar-refractivity contribution in [2.45, 2.75) is 42.5 Å². The molecule has 1 rings (SSSR count). The van der Waals surface area contributed by atoms with Gasteiger partial charge < -0.3 is 41.1 Å². The first-order valence-electron chi connectivity index (χ1n) is 7.65. The van der Waals surface area contributed by atoms with Crippen LogP contribution >= 0.6 is 0 Å². The van der Waals surface area contributed by atoms with E-state index in [0.717, 1.165) is 0 Å². The Hall–Kier alpha value is -1.38. The van der Waals surface area contributed by atoms with Gasteiger partial charge in [0.15, 0.2) is 0 Å². The number of aliphatic carboxylic acids is 2. The van der Waals surface area contributed by atoms with Crippen LogP contribution in [0, 0.1) is 0 Å². The molecule has 0 spiro atoms. The molecule has 0 aromatic carbocycles. The third-order valence-corrected chi connectivity index (χ3v) is 3.99. The predicted octanol–water partition coefficient (Wildman–Crippen LogP) is -5.52. The first-order chi connectivity index (χ1) is 11.7. The normalized spacial score (nSPS) is 33.8. The number of hydrogen-bond donors (Lipinski definition) is 10. The van der Waals surface area contributed by atoms with Gasteiger partial charge in [-0.1, -0.05) is 0 Å². The van der Waals surface area contributed by atoms with Crippen LogP contribution in [0.5, 0.6) is 0 Å². The first kappa shape index (κ1) is 21.7. The monoisotopic (exact) mass is 367 g/mol. The molecule has 1 aliphatic rings. The maximum absolute atomic E-state index is 10.7. The molecule has 1 aliphatic carbocycles. The summed E-state index contributed by atoms with van der Waals surface area (Å²) in [6, 6.07) is -3.49. The van der Waals surface area contributed by atoms with E-state index in [0.29, 0.717) is 0 Å². The Kier molecular flexibility index (Phi) is 8.61. The average Bonchev–Trinajstić information content (AvgIpc) is 2.53. The van der Waals surface area contributed by atoms with Gasteiger partial charge in [-0.25, -0.2) is 0 Å². The van der Waals surface area contributed by atoms with Crippen LogP contribution in [-0.4, -0.2) is 116 Å². The summed E-state index contributed by atoms with van der Waals surface area (Å²) in [5, 5.41) is 74.2. The van der Waals surface area contributed by atoms with Crippen molar-refractivity contribution in [1.29, 1.82) is 0 Å². The Morgan fingerprint density at radius 3 is 1.48 bits per heavy atom. The zero-order chi connectivity index (χ0) is 19.1. The van der Waals surface area contributed by atoms with Crippen LogP contribution in [-0.2, 0) is 9.59 Å². The van der Waals surface area contributed by atoms with Gasteiger partial charge in [-0.3, -0.25) is 20.2 Å². The van der Waals surface area contributed by atoms with Gasteiger partial charge in [0, 0.05) is 6.54 Å². The van der Waals surface area contributed by atoms with Crippen molar-refractivity contribution in [3.8, 4) is 0 Å². The van der Waals surface area contributed by atoms with Crippen LogP contribution in [0.25, 0.3) is 0 Å². The van der Waals surface area contributed by atoms with E-state index in [1.807, 2.05) is 0 Å². The minimum Gasteiger partial charge on any atom is -0.480 e. The molecule has 0 radical (unpaired) electrons. The van der Waals surface area contributed by atoms with E-state index in [2.05, 4.69) is 16.0 Å². The van der Waals surface area contributed by atoms with Crippen molar-refractivity contribution < 1.29 is 45.3 Å². The standard InChI is InChI=1S/C13H25N3O9/c17-4-5(18)1-14-8-11(23)9(15-2-6(19)20)13(25)10(12(8)24)16-3-7(21)22/h5,8-18,23-25H,1-4H2,(H,19,20)(H,21,22)/t5?,8?,9-,10+,11-,12+,13?. The molecule has 0 aliphatic heterocycles. The number of carboxylic acids is 2. The summed E-state index contributed by atoms with van der Waals surface area (Å²) in [6.45, 7) is -1.91. The highest BCUT2D eigenvalue weighted by molar-refractivity contribution is 5.69. The van der Waals surface area contributed by atoms with Gasteiger partial charge in [-0.15, -0.1) is 0 Å². The minimum atomic E-state index is -1.48. The number of aliphatic hydroxyl groups excluding tert-OH is 5. The third kappa shape index (κ3) is 6.13. The number of nitrogens with one attached hydrogen (secondary N) is 3. The molecule has 25 heavy (non-hydrogen) atoms. The van der Waals surface area contributed by atoms with Gasteiger partial charge in [0.05, 0.1) is 62.2 Å². The van der Waals surface area contributed by atoms with E-state index in [1.54, 1.807) is 0 Å². The van der Waals surface area contributed by atoms with E-state index in [9.17, 15) is 30.0 Å². The third-order valence-electron chi connectivity index (χ3n) is 3.99. The van der Waals surface area contributed by atoms with E-state index in [-0.39, 0.29) is 6.54 Å². The van der Waals surface area contributed by atoms with E-state index in [4.69, 9.17) is 15.3 Å². The summed E-state index contributed by atoms with van der Waals surface area (Å²) in [5.41, 5.74) is 0. The van der Waals surface area contributed by atoms with Crippen LogP contribution < -0.4 is 16.0 Å². The molecule has 3 unspecified atom stereocenters. The van der Waals surface area contributed by atoms with Crippen molar-refractivity contribution in [2.75, 3.05) is 26.2 Å². The Morgan fingerprint density at radius 2 is 1.16 bits per heavy atom. The molecular formula is C13H25N3O9. The molecule has 0 saturated heterocycles. The van der Waals surface area contributed by atoms with Crippen LogP contribution in [0.2, 0.25) is 0 Å². The summed E-state index contributed by atoms with van der Waals surface area (Å²) < 4.78 is 0. The summed E-state index contributed by atoms with van der Waals surface area (Å²) in [6.07, 6.45) is -5.54. The summed E-state index contributed by atoms with van der Waals surface area (Å²) >= 11 is 0. The van der Waals surface area contributed by atoms with Crippen LogP contribution in [0.15, 0.2) is 0 Å². The van der Waals surface area contributed by atoms with Crippen molar-refractivity contribution in [2.24, 2.45) is 0 Å². The molecule has 0 bridgehead atoms. The molecule has 7 atom stereocenters. The molecule has 10 N–H and O–H groups in total. The van der Waals surface area contributed by atoms with Gasteiger partial charge in [-0.2, -0.15) is 0 Å². The molecule has 12 heteroatoms. The molecule has 0 heterocycles. The van der Waals surface area contributed by atoms with Gasteiger partial charge in [0.1, 0.15) is 0 Å². The molecular weight excluding hydrogens is 342 g/mol. The quantitative estimate of drug-likeness (QED) is 0.175. The largest absolute Gasteiger partial charge is 0.480 e. The minimum absolute atomic E-state index is 0.192. The lowest BCUT2D eigenvalue weighted by atomic mass is 9.79. The lowest BCUT2D eigenvalue weighted by Crippen LogP contribution is -2.74. The number of hydrogen-bond acceptors (Lipinski definition) is 10. The van der Waals surface area contributed by atoms with Gasteiger partial charge in [0.2, 0.25) is 0 Å². The van der Waals surface area contributed by atoms with E-state index < -0.39 is 74.2 Å². The van der Waals surface area contributed by atoms with Crippen LogP contribution in [0.1, 0.15) is 0 Å². The highest BCUT2D eigenvalue weighted by Gasteiger charge is 2.49. The number of aliphatic hydroxyl groups is 5. The molecule has 12 nitrogen and oxygen atoms in total. The second-order valence-electron chi connectivity index (χ2n) is 5.84. The number of carboxylic acid groups (broad SMARTS) is 2. The van der Waals surface area contributed by atoms with Crippen molar-refractivity contribution in [1.82, 2.24) is 16.0 Å². The molecule has 0 amide bonds. The number of rotatable bonds is 10. The van der Waals surface area contributed by atoms with Gasteiger partial charge in [0.25, 0.3) is 0 Å². The predicted molar refractivity (Wildman–Crippen MR) is 81.8 cm³/mol. The lowest BCUT2D eigenvalue weighted by Gasteiger charge is -2.46. The second kappa shape index (κ2) is 9.94. The SMILES string of the molecule is O=C(O)CN[C@@H]1C(O)[C@H](NCC(=O)O)[C@H](O)C(NCC(O)CO)[C@@H]1O. The first-order valence-corrected chi connectivity index (χ1v) is 7.65. The molecule has 0 aromatic heterocycles. The van der Waals surface area contributed by atoms with E-state index in [1.165, 1.54) is 0 Å². The Bertz CT molecular complexity index is 420. The maximum Gasteiger partial charge on any atom is 0.317 e. The van der Waals surface area contributed by atoms with Crippen molar-refractivity contribution >= 4 is 11.9 Å². The second-order valence-corrected chi connectivity index (χ2v) is 5.84. The average molecular weight is 367 g/mol. The van der Waals surface area contributed by atoms with Crippen molar-refractivity contribution in [3.05, 3.63) is 0 Å². The molecule has 1 saturated carbocycles. The Labute approximate surface area is 143 Å². The topological polar surface area (TPSA) is 212 Å². The molecule has 146 valence electrons. The summed E-state index contributed by atoms with van der Waals surface area (Å²) in [4.78, 5) is 21.4. The zero-order valence-corrected chi connectivity index (χ0v) is 13.3.